The Labute approximate surface area is 125 Å². The lowest BCUT2D eigenvalue weighted by atomic mass is 10.1. The van der Waals surface area contributed by atoms with Crippen molar-refractivity contribution < 1.29 is 22.4 Å². The lowest BCUT2D eigenvalue weighted by molar-refractivity contribution is -0.136. The van der Waals surface area contributed by atoms with E-state index >= 15 is 0 Å². The highest BCUT2D eigenvalue weighted by atomic mass is 79.9. The van der Waals surface area contributed by atoms with Crippen LogP contribution in [0.15, 0.2) is 46.9 Å². The number of para-hydroxylation sites is 1. The van der Waals surface area contributed by atoms with Gasteiger partial charge in [-0.3, -0.25) is 4.79 Å². The van der Waals surface area contributed by atoms with Crippen LogP contribution >= 0.6 is 15.9 Å². The first-order chi connectivity index (χ1) is 9.79. The second kappa shape index (κ2) is 5.85. The average Bonchev–Trinajstić information content (AvgIpc) is 2.41. The number of carbonyl (C=O) groups excluding carboxylic acids is 1. The Balaban J connectivity index is 2.30. The maximum absolute atomic E-state index is 13.1. The molecule has 21 heavy (non-hydrogen) atoms. The Morgan fingerprint density at radius 2 is 1.76 bits per heavy atom. The zero-order valence-corrected chi connectivity index (χ0v) is 11.9. The van der Waals surface area contributed by atoms with Crippen LogP contribution in [0.2, 0.25) is 0 Å². The molecule has 0 spiro atoms. The maximum Gasteiger partial charge on any atom is 0.418 e. The fraction of sp³-hybridized carbons (Fsp3) is 0.0714. The van der Waals surface area contributed by atoms with Crippen LogP contribution in [0.25, 0.3) is 0 Å². The number of hydrogen-bond acceptors (Lipinski definition) is 1. The molecule has 0 heterocycles. The number of alkyl halides is 3. The van der Waals surface area contributed by atoms with E-state index in [2.05, 4.69) is 21.2 Å². The highest BCUT2D eigenvalue weighted by Crippen LogP contribution is 2.34. The third-order valence-corrected chi connectivity index (χ3v) is 3.27. The summed E-state index contributed by atoms with van der Waals surface area (Å²) in [4.78, 5) is 11.9. The minimum atomic E-state index is -4.58. The standard InChI is InChI=1S/C14H8BrF4NO/c15-10-7-8(5-6-11(10)16)13(21)20-12-4-2-1-3-9(12)14(17,18)19/h1-7H,(H,20,21). The fourth-order valence-electron chi connectivity index (χ4n) is 1.67. The molecule has 2 rings (SSSR count). The number of rotatable bonds is 2. The second-order valence-corrected chi connectivity index (χ2v) is 4.98. The molecule has 0 aliphatic heterocycles. The highest BCUT2D eigenvalue weighted by Gasteiger charge is 2.33. The Kier molecular flexibility index (Phi) is 4.32. The van der Waals surface area contributed by atoms with Gasteiger partial charge in [0.2, 0.25) is 0 Å². The van der Waals surface area contributed by atoms with Crippen LogP contribution in [-0.4, -0.2) is 5.91 Å². The molecule has 110 valence electrons. The summed E-state index contributed by atoms with van der Waals surface area (Å²) in [6, 6.07) is 8.06. The van der Waals surface area contributed by atoms with Gasteiger partial charge in [0, 0.05) is 5.56 Å². The molecule has 0 aliphatic rings. The molecule has 2 aromatic rings. The van der Waals surface area contributed by atoms with Crippen molar-refractivity contribution in [2.24, 2.45) is 0 Å². The lowest BCUT2D eigenvalue weighted by Gasteiger charge is -2.13. The predicted molar refractivity (Wildman–Crippen MR) is 73.5 cm³/mol. The van der Waals surface area contributed by atoms with Crippen LogP contribution in [-0.2, 0) is 6.18 Å². The normalized spacial score (nSPS) is 11.3. The highest BCUT2D eigenvalue weighted by molar-refractivity contribution is 9.10. The Morgan fingerprint density at radius 3 is 2.38 bits per heavy atom. The smallest absolute Gasteiger partial charge is 0.321 e. The van der Waals surface area contributed by atoms with Gasteiger partial charge >= 0.3 is 6.18 Å². The second-order valence-electron chi connectivity index (χ2n) is 4.13. The summed E-state index contributed by atoms with van der Waals surface area (Å²) in [6.07, 6.45) is -4.58. The predicted octanol–water partition coefficient (Wildman–Crippen LogP) is 4.86. The van der Waals surface area contributed by atoms with Crippen molar-refractivity contribution in [1.29, 1.82) is 0 Å². The van der Waals surface area contributed by atoms with E-state index in [0.29, 0.717) is 0 Å². The number of amides is 1. The van der Waals surface area contributed by atoms with E-state index in [1.165, 1.54) is 24.3 Å². The van der Waals surface area contributed by atoms with Gasteiger partial charge in [-0.25, -0.2) is 4.39 Å². The molecule has 0 radical (unpaired) electrons. The van der Waals surface area contributed by atoms with Gasteiger partial charge in [-0.05, 0) is 46.3 Å². The molecule has 2 aromatic carbocycles. The van der Waals surface area contributed by atoms with Gasteiger partial charge < -0.3 is 5.32 Å². The summed E-state index contributed by atoms with van der Waals surface area (Å²) < 4.78 is 51.6. The molecule has 0 unspecified atom stereocenters. The quantitative estimate of drug-likeness (QED) is 0.760. The molecular formula is C14H8BrF4NO. The van der Waals surface area contributed by atoms with E-state index in [1.807, 2.05) is 0 Å². The third kappa shape index (κ3) is 3.60. The van der Waals surface area contributed by atoms with Crippen LogP contribution in [0.3, 0.4) is 0 Å². The van der Waals surface area contributed by atoms with Crippen molar-refractivity contribution in [3.8, 4) is 0 Å². The number of halogens is 5. The van der Waals surface area contributed by atoms with Crippen molar-refractivity contribution in [3.63, 3.8) is 0 Å². The third-order valence-electron chi connectivity index (χ3n) is 2.66. The van der Waals surface area contributed by atoms with Gasteiger partial charge in [0.25, 0.3) is 5.91 Å². The van der Waals surface area contributed by atoms with Gasteiger partial charge in [-0.2, -0.15) is 13.2 Å². The van der Waals surface area contributed by atoms with Gasteiger partial charge in [0.05, 0.1) is 15.7 Å². The van der Waals surface area contributed by atoms with Crippen LogP contribution in [0, 0.1) is 5.82 Å². The van der Waals surface area contributed by atoms with Crippen LogP contribution in [0.1, 0.15) is 15.9 Å². The molecule has 0 saturated heterocycles. The van der Waals surface area contributed by atoms with Crippen LogP contribution in [0.4, 0.5) is 23.2 Å². The van der Waals surface area contributed by atoms with Crippen molar-refractivity contribution in [2.75, 3.05) is 5.32 Å². The number of anilines is 1. The van der Waals surface area contributed by atoms with E-state index in [9.17, 15) is 22.4 Å². The molecule has 7 heteroatoms. The molecule has 2 nitrogen and oxygen atoms in total. The van der Waals surface area contributed by atoms with Gasteiger partial charge in [0.15, 0.2) is 0 Å². The Hall–Kier alpha value is -1.89. The van der Waals surface area contributed by atoms with E-state index in [4.69, 9.17) is 0 Å². The zero-order valence-electron chi connectivity index (χ0n) is 10.3. The number of hydrogen-bond donors (Lipinski definition) is 1. The van der Waals surface area contributed by atoms with Crippen molar-refractivity contribution >= 4 is 27.5 Å². The molecule has 1 N–H and O–H groups in total. The summed E-state index contributed by atoms with van der Waals surface area (Å²) in [5, 5.41) is 2.18. The largest absolute Gasteiger partial charge is 0.418 e. The van der Waals surface area contributed by atoms with E-state index < -0.39 is 23.5 Å². The number of benzene rings is 2. The molecule has 0 fully saturated rings. The Bertz CT molecular complexity index is 685. The molecule has 0 aliphatic carbocycles. The summed E-state index contributed by atoms with van der Waals surface area (Å²) >= 11 is 2.91. The van der Waals surface area contributed by atoms with E-state index in [1.54, 1.807) is 0 Å². The van der Waals surface area contributed by atoms with E-state index in [-0.39, 0.29) is 15.7 Å². The first kappa shape index (κ1) is 15.5. The zero-order chi connectivity index (χ0) is 15.6. The summed E-state index contributed by atoms with van der Waals surface area (Å²) in [7, 11) is 0. The monoisotopic (exact) mass is 361 g/mol. The summed E-state index contributed by atoms with van der Waals surface area (Å²) in [5.41, 5.74) is -1.25. The minimum Gasteiger partial charge on any atom is -0.321 e. The fourth-order valence-corrected chi connectivity index (χ4v) is 2.05. The van der Waals surface area contributed by atoms with Crippen LogP contribution < -0.4 is 5.32 Å². The van der Waals surface area contributed by atoms with Crippen LogP contribution in [0.5, 0.6) is 0 Å². The Morgan fingerprint density at radius 1 is 1.10 bits per heavy atom. The molecule has 0 saturated carbocycles. The number of carbonyl (C=O) groups is 1. The number of nitrogens with one attached hydrogen (secondary N) is 1. The van der Waals surface area contributed by atoms with Crippen molar-refractivity contribution in [1.82, 2.24) is 0 Å². The van der Waals surface area contributed by atoms with Crippen molar-refractivity contribution in [2.45, 2.75) is 6.18 Å². The summed E-state index contributed by atoms with van der Waals surface area (Å²) in [6.45, 7) is 0. The summed E-state index contributed by atoms with van der Waals surface area (Å²) in [5.74, 6) is -1.32. The maximum atomic E-state index is 13.1. The van der Waals surface area contributed by atoms with Gasteiger partial charge in [-0.15, -0.1) is 0 Å². The van der Waals surface area contributed by atoms with Gasteiger partial charge in [-0.1, -0.05) is 12.1 Å². The molecule has 0 bridgehead atoms. The topological polar surface area (TPSA) is 29.1 Å². The van der Waals surface area contributed by atoms with Crippen molar-refractivity contribution in [3.05, 3.63) is 63.9 Å². The first-order valence-electron chi connectivity index (χ1n) is 5.71. The molecule has 0 atom stereocenters. The minimum absolute atomic E-state index is 0.0419. The molecule has 0 aromatic heterocycles. The average molecular weight is 362 g/mol. The lowest BCUT2D eigenvalue weighted by Crippen LogP contribution is -2.16. The van der Waals surface area contributed by atoms with E-state index in [0.717, 1.165) is 18.2 Å². The van der Waals surface area contributed by atoms with Gasteiger partial charge in [0.1, 0.15) is 5.82 Å². The molecule has 1 amide bonds. The molecular weight excluding hydrogens is 354 g/mol. The SMILES string of the molecule is O=C(Nc1ccccc1C(F)(F)F)c1ccc(F)c(Br)c1. The first-order valence-corrected chi connectivity index (χ1v) is 6.51.